The maximum Gasteiger partial charge on any atom is 0.171 e. The van der Waals surface area contributed by atoms with Gasteiger partial charge in [-0.3, -0.25) is 0 Å². The molecule has 1 aliphatic rings. The first-order valence-corrected chi connectivity index (χ1v) is 6.22. The van der Waals surface area contributed by atoms with Crippen molar-refractivity contribution in [1.82, 2.24) is 15.2 Å². The normalized spacial score (nSPS) is 16.8. The Labute approximate surface area is 107 Å². The maximum absolute atomic E-state index is 6.07. The van der Waals surface area contributed by atoms with E-state index < -0.39 is 0 Å². The minimum atomic E-state index is -0.338. The number of rotatable bonds is 2. The van der Waals surface area contributed by atoms with E-state index in [1.807, 2.05) is 24.3 Å². The zero-order chi connectivity index (χ0) is 11.9. The Morgan fingerprint density at radius 1 is 1.29 bits per heavy atom. The van der Waals surface area contributed by atoms with Gasteiger partial charge in [0.25, 0.3) is 0 Å². The lowest BCUT2D eigenvalue weighted by atomic mass is 10.1. The van der Waals surface area contributed by atoms with Crippen LogP contribution >= 0.6 is 15.9 Å². The summed E-state index contributed by atoms with van der Waals surface area (Å²) in [4.78, 5) is 4.50. The monoisotopic (exact) mass is 290 g/mol. The van der Waals surface area contributed by atoms with E-state index in [2.05, 4.69) is 31.1 Å². The molecular formula is C12H11BrN4. The summed E-state index contributed by atoms with van der Waals surface area (Å²) in [5.74, 6) is 0.648. The van der Waals surface area contributed by atoms with Crippen molar-refractivity contribution in [3.63, 3.8) is 0 Å². The van der Waals surface area contributed by atoms with Crippen LogP contribution in [0.1, 0.15) is 18.7 Å². The van der Waals surface area contributed by atoms with E-state index in [-0.39, 0.29) is 5.54 Å². The van der Waals surface area contributed by atoms with Gasteiger partial charge in [0.05, 0.1) is 17.4 Å². The molecule has 1 aromatic heterocycles. The summed E-state index contributed by atoms with van der Waals surface area (Å²) in [7, 11) is 0. The zero-order valence-electron chi connectivity index (χ0n) is 9.10. The Morgan fingerprint density at radius 2 is 2.12 bits per heavy atom. The standard InChI is InChI=1S/C12H11BrN4/c13-9-3-1-2-8(6-9)10-7-15-17-11(16-10)12(14)4-5-12/h1-3,6-7H,4-5,14H2. The highest BCUT2D eigenvalue weighted by atomic mass is 79.9. The molecule has 0 radical (unpaired) electrons. The van der Waals surface area contributed by atoms with Crippen molar-refractivity contribution in [3.8, 4) is 11.3 Å². The molecule has 1 fully saturated rings. The molecule has 0 spiro atoms. The summed E-state index contributed by atoms with van der Waals surface area (Å²) in [5.41, 5.74) is 7.56. The smallest absolute Gasteiger partial charge is 0.171 e. The van der Waals surface area contributed by atoms with Crippen LogP contribution in [0.3, 0.4) is 0 Å². The molecule has 3 rings (SSSR count). The van der Waals surface area contributed by atoms with E-state index >= 15 is 0 Å². The second-order valence-corrected chi connectivity index (χ2v) is 5.25. The molecule has 5 heteroatoms. The molecule has 17 heavy (non-hydrogen) atoms. The highest BCUT2D eigenvalue weighted by Gasteiger charge is 2.43. The Morgan fingerprint density at radius 3 is 2.82 bits per heavy atom. The fraction of sp³-hybridized carbons (Fsp3) is 0.250. The largest absolute Gasteiger partial charge is 0.319 e. The Balaban J connectivity index is 2.03. The molecule has 0 unspecified atom stereocenters. The quantitative estimate of drug-likeness (QED) is 0.921. The molecule has 86 valence electrons. The maximum atomic E-state index is 6.07. The molecular weight excluding hydrogens is 280 g/mol. The van der Waals surface area contributed by atoms with E-state index in [0.29, 0.717) is 5.82 Å². The van der Waals surface area contributed by atoms with Gasteiger partial charge in [-0.15, -0.1) is 5.10 Å². The fourth-order valence-electron chi connectivity index (χ4n) is 1.66. The van der Waals surface area contributed by atoms with Gasteiger partial charge in [0.15, 0.2) is 5.82 Å². The van der Waals surface area contributed by atoms with Crippen molar-refractivity contribution in [2.24, 2.45) is 5.73 Å². The van der Waals surface area contributed by atoms with E-state index in [0.717, 1.165) is 28.6 Å². The van der Waals surface area contributed by atoms with Crippen molar-refractivity contribution >= 4 is 15.9 Å². The van der Waals surface area contributed by atoms with Crippen LogP contribution in [0.2, 0.25) is 0 Å². The predicted molar refractivity (Wildman–Crippen MR) is 68.1 cm³/mol. The summed E-state index contributed by atoms with van der Waals surface area (Å²) in [6, 6.07) is 7.94. The van der Waals surface area contributed by atoms with Gasteiger partial charge in [0.1, 0.15) is 0 Å². The minimum Gasteiger partial charge on any atom is -0.319 e. The van der Waals surface area contributed by atoms with E-state index in [9.17, 15) is 0 Å². The molecule has 0 aliphatic heterocycles. The van der Waals surface area contributed by atoms with Crippen LogP contribution in [-0.4, -0.2) is 15.2 Å². The first kappa shape index (κ1) is 10.8. The highest BCUT2D eigenvalue weighted by Crippen LogP contribution is 2.40. The van der Waals surface area contributed by atoms with Crippen LogP contribution in [0.25, 0.3) is 11.3 Å². The minimum absolute atomic E-state index is 0.338. The Kier molecular flexibility index (Phi) is 2.45. The number of nitrogens with zero attached hydrogens (tertiary/aromatic N) is 3. The molecule has 2 N–H and O–H groups in total. The average molecular weight is 291 g/mol. The number of aromatic nitrogens is 3. The van der Waals surface area contributed by atoms with Crippen molar-refractivity contribution < 1.29 is 0 Å². The zero-order valence-corrected chi connectivity index (χ0v) is 10.7. The van der Waals surface area contributed by atoms with Crippen LogP contribution in [0.5, 0.6) is 0 Å². The second-order valence-electron chi connectivity index (χ2n) is 4.33. The number of benzene rings is 1. The SMILES string of the molecule is NC1(c2nncc(-c3cccc(Br)c3)n2)CC1. The summed E-state index contributed by atoms with van der Waals surface area (Å²) < 4.78 is 1.02. The van der Waals surface area contributed by atoms with Crippen LogP contribution in [0, 0.1) is 0 Å². The third-order valence-electron chi connectivity index (χ3n) is 2.91. The van der Waals surface area contributed by atoms with Gasteiger partial charge in [-0.05, 0) is 25.0 Å². The summed E-state index contributed by atoms with van der Waals surface area (Å²) >= 11 is 3.44. The van der Waals surface area contributed by atoms with Gasteiger partial charge >= 0.3 is 0 Å². The Bertz CT molecular complexity index is 566. The third kappa shape index (κ3) is 2.08. The first-order valence-electron chi connectivity index (χ1n) is 5.42. The van der Waals surface area contributed by atoms with Crippen molar-refractivity contribution in [2.75, 3.05) is 0 Å². The lowest BCUT2D eigenvalue weighted by molar-refractivity contribution is 0.650. The molecule has 1 aliphatic carbocycles. The third-order valence-corrected chi connectivity index (χ3v) is 3.41. The number of nitrogens with two attached hydrogens (primary N) is 1. The molecule has 0 bridgehead atoms. The molecule has 1 saturated carbocycles. The molecule has 0 amide bonds. The second kappa shape index (κ2) is 3.85. The summed E-state index contributed by atoms with van der Waals surface area (Å²) in [6.07, 6.45) is 3.55. The summed E-state index contributed by atoms with van der Waals surface area (Å²) in [5, 5.41) is 8.01. The molecule has 0 atom stereocenters. The highest BCUT2D eigenvalue weighted by molar-refractivity contribution is 9.10. The van der Waals surface area contributed by atoms with Gasteiger partial charge in [-0.2, -0.15) is 5.10 Å². The van der Waals surface area contributed by atoms with Crippen molar-refractivity contribution in [2.45, 2.75) is 18.4 Å². The van der Waals surface area contributed by atoms with Gasteiger partial charge in [-0.25, -0.2) is 4.98 Å². The molecule has 4 nitrogen and oxygen atoms in total. The van der Waals surface area contributed by atoms with Gasteiger partial charge in [0.2, 0.25) is 0 Å². The van der Waals surface area contributed by atoms with E-state index in [1.165, 1.54) is 0 Å². The first-order chi connectivity index (χ1) is 8.17. The molecule has 1 aromatic carbocycles. The van der Waals surface area contributed by atoms with Crippen LogP contribution in [-0.2, 0) is 5.54 Å². The van der Waals surface area contributed by atoms with Gasteiger partial charge in [-0.1, -0.05) is 28.1 Å². The Hall–Kier alpha value is -1.33. The number of halogens is 1. The van der Waals surface area contributed by atoms with Crippen LogP contribution in [0.4, 0.5) is 0 Å². The van der Waals surface area contributed by atoms with Crippen molar-refractivity contribution in [1.29, 1.82) is 0 Å². The molecule has 2 aromatic rings. The van der Waals surface area contributed by atoms with Gasteiger partial charge < -0.3 is 5.73 Å². The fourth-order valence-corrected chi connectivity index (χ4v) is 2.06. The lowest BCUT2D eigenvalue weighted by Crippen LogP contribution is -2.22. The number of hydrogen-bond donors (Lipinski definition) is 1. The van der Waals surface area contributed by atoms with Crippen molar-refractivity contribution in [3.05, 3.63) is 40.8 Å². The molecule has 1 heterocycles. The van der Waals surface area contributed by atoms with E-state index in [4.69, 9.17) is 5.73 Å². The lowest BCUT2D eigenvalue weighted by Gasteiger charge is -2.07. The summed E-state index contributed by atoms with van der Waals surface area (Å²) in [6.45, 7) is 0. The van der Waals surface area contributed by atoms with Crippen LogP contribution < -0.4 is 5.73 Å². The van der Waals surface area contributed by atoms with E-state index in [1.54, 1.807) is 6.20 Å². The van der Waals surface area contributed by atoms with Crippen LogP contribution in [0.15, 0.2) is 34.9 Å². The predicted octanol–water partition coefficient (Wildman–Crippen LogP) is 2.25. The topological polar surface area (TPSA) is 64.7 Å². The number of hydrogen-bond acceptors (Lipinski definition) is 4. The van der Waals surface area contributed by atoms with Gasteiger partial charge in [0, 0.05) is 10.0 Å². The molecule has 0 saturated heterocycles. The average Bonchev–Trinajstić information content (AvgIpc) is 3.09.